The normalized spacial score (nSPS) is 12.8. The van der Waals surface area contributed by atoms with E-state index in [9.17, 15) is 0 Å². The second kappa shape index (κ2) is 4.83. The van der Waals surface area contributed by atoms with Crippen LogP contribution in [0.25, 0.3) is 0 Å². The van der Waals surface area contributed by atoms with Gasteiger partial charge in [-0.15, -0.1) is 0 Å². The third kappa shape index (κ3) is 2.96. The molecule has 1 aromatic heterocycles. The zero-order valence-corrected chi connectivity index (χ0v) is 7.27. The van der Waals surface area contributed by atoms with Gasteiger partial charge in [0, 0.05) is 25.4 Å². The Morgan fingerprint density at radius 2 is 2.08 bits per heavy atom. The summed E-state index contributed by atoms with van der Waals surface area (Å²) in [5.74, 6) is 1.32. The molecular formula is C9H14N2O. The van der Waals surface area contributed by atoms with Gasteiger partial charge in [-0.1, -0.05) is 6.92 Å². The summed E-state index contributed by atoms with van der Waals surface area (Å²) in [7, 11) is 0. The van der Waals surface area contributed by atoms with Crippen molar-refractivity contribution in [3.05, 3.63) is 24.3 Å². The first-order valence-corrected chi connectivity index (χ1v) is 4.19. The van der Waals surface area contributed by atoms with E-state index in [0.29, 0.717) is 5.92 Å². The van der Waals surface area contributed by atoms with E-state index in [1.807, 2.05) is 0 Å². The smallest absolute Gasteiger partial charge is 0.128 e. The summed E-state index contributed by atoms with van der Waals surface area (Å²) in [6.45, 7) is 2.33. The van der Waals surface area contributed by atoms with E-state index in [1.165, 1.54) is 0 Å². The monoisotopic (exact) mass is 166 g/mol. The highest BCUT2D eigenvalue weighted by atomic mass is 16.3. The van der Waals surface area contributed by atoms with Crippen molar-refractivity contribution in [2.45, 2.75) is 19.8 Å². The van der Waals surface area contributed by atoms with Crippen molar-refractivity contribution in [2.75, 3.05) is 6.61 Å². The molecule has 1 rings (SSSR count). The Morgan fingerprint density at radius 3 is 2.67 bits per heavy atom. The zero-order valence-electron chi connectivity index (χ0n) is 7.27. The quantitative estimate of drug-likeness (QED) is 0.726. The molecule has 12 heavy (non-hydrogen) atoms. The van der Waals surface area contributed by atoms with Gasteiger partial charge in [0.15, 0.2) is 0 Å². The van der Waals surface area contributed by atoms with Gasteiger partial charge in [0.25, 0.3) is 0 Å². The van der Waals surface area contributed by atoms with Crippen LogP contribution in [0.5, 0.6) is 0 Å². The van der Waals surface area contributed by atoms with E-state index in [2.05, 4.69) is 16.9 Å². The number of rotatable bonds is 4. The minimum absolute atomic E-state index is 0.244. The highest BCUT2D eigenvalue weighted by Crippen LogP contribution is 2.06. The van der Waals surface area contributed by atoms with E-state index in [1.54, 1.807) is 18.5 Å². The Morgan fingerprint density at radius 1 is 1.42 bits per heavy atom. The average molecular weight is 166 g/mol. The topological polar surface area (TPSA) is 46.0 Å². The molecule has 1 aromatic rings. The third-order valence-electron chi connectivity index (χ3n) is 1.77. The second-order valence-electron chi connectivity index (χ2n) is 2.99. The van der Waals surface area contributed by atoms with Crippen LogP contribution < -0.4 is 0 Å². The molecule has 0 spiro atoms. The minimum Gasteiger partial charge on any atom is -0.396 e. The van der Waals surface area contributed by atoms with Crippen LogP contribution in [0.15, 0.2) is 18.5 Å². The van der Waals surface area contributed by atoms with E-state index < -0.39 is 0 Å². The van der Waals surface area contributed by atoms with Gasteiger partial charge >= 0.3 is 0 Å². The maximum absolute atomic E-state index is 8.67. The molecule has 0 bridgehead atoms. The lowest BCUT2D eigenvalue weighted by Crippen LogP contribution is -2.05. The SMILES string of the molecule is C[C@@H](CCO)Cc1ncccn1. The van der Waals surface area contributed by atoms with Gasteiger partial charge in [0.05, 0.1) is 0 Å². The molecule has 0 unspecified atom stereocenters. The van der Waals surface area contributed by atoms with Crippen molar-refractivity contribution < 1.29 is 5.11 Å². The van der Waals surface area contributed by atoms with E-state index in [4.69, 9.17) is 5.11 Å². The van der Waals surface area contributed by atoms with Crippen LogP contribution in [0, 0.1) is 5.92 Å². The van der Waals surface area contributed by atoms with E-state index >= 15 is 0 Å². The highest BCUT2D eigenvalue weighted by molar-refractivity contribution is 4.89. The minimum atomic E-state index is 0.244. The summed E-state index contributed by atoms with van der Waals surface area (Å²) in [4.78, 5) is 8.22. The van der Waals surface area contributed by atoms with Crippen molar-refractivity contribution in [1.82, 2.24) is 9.97 Å². The molecule has 0 radical (unpaired) electrons. The lowest BCUT2D eigenvalue weighted by atomic mass is 10.0. The summed E-state index contributed by atoms with van der Waals surface area (Å²) in [5.41, 5.74) is 0. The summed E-state index contributed by atoms with van der Waals surface area (Å²) < 4.78 is 0. The maximum Gasteiger partial charge on any atom is 0.128 e. The van der Waals surface area contributed by atoms with Crippen molar-refractivity contribution in [3.8, 4) is 0 Å². The van der Waals surface area contributed by atoms with E-state index in [-0.39, 0.29) is 6.61 Å². The van der Waals surface area contributed by atoms with Crippen LogP contribution in [0.3, 0.4) is 0 Å². The van der Waals surface area contributed by atoms with Gasteiger partial charge < -0.3 is 5.11 Å². The predicted octanol–water partition coefficient (Wildman–Crippen LogP) is 1.04. The summed E-state index contributed by atoms with van der Waals surface area (Å²) in [6.07, 6.45) is 5.15. The fourth-order valence-electron chi connectivity index (χ4n) is 1.07. The molecule has 0 fully saturated rings. The standard InChI is InChI=1S/C9H14N2O/c1-8(3-6-12)7-9-10-4-2-5-11-9/h2,4-5,8,12H,3,6-7H2,1H3/t8-/m0/s1. The molecule has 0 aliphatic heterocycles. The highest BCUT2D eigenvalue weighted by Gasteiger charge is 2.03. The first kappa shape index (κ1) is 9.13. The van der Waals surface area contributed by atoms with Crippen LogP contribution in [0.2, 0.25) is 0 Å². The first-order chi connectivity index (χ1) is 5.83. The second-order valence-corrected chi connectivity index (χ2v) is 2.99. The van der Waals surface area contributed by atoms with Gasteiger partial charge in [-0.2, -0.15) is 0 Å². The molecule has 1 heterocycles. The van der Waals surface area contributed by atoms with E-state index in [0.717, 1.165) is 18.7 Å². The zero-order chi connectivity index (χ0) is 8.81. The van der Waals surface area contributed by atoms with Crippen molar-refractivity contribution in [3.63, 3.8) is 0 Å². The predicted molar refractivity (Wildman–Crippen MR) is 46.6 cm³/mol. The van der Waals surface area contributed by atoms with Crippen LogP contribution in [0.4, 0.5) is 0 Å². The Hall–Kier alpha value is -0.960. The molecule has 3 heteroatoms. The number of nitrogens with zero attached hydrogens (tertiary/aromatic N) is 2. The number of hydrogen-bond donors (Lipinski definition) is 1. The average Bonchev–Trinajstić information content (AvgIpc) is 2.06. The van der Waals surface area contributed by atoms with Crippen molar-refractivity contribution in [2.24, 2.45) is 5.92 Å². The fourth-order valence-corrected chi connectivity index (χ4v) is 1.07. The molecular weight excluding hydrogens is 152 g/mol. The van der Waals surface area contributed by atoms with Crippen LogP contribution in [0.1, 0.15) is 19.2 Å². The molecule has 1 N–H and O–H groups in total. The molecule has 0 saturated heterocycles. The Bertz CT molecular complexity index is 213. The largest absolute Gasteiger partial charge is 0.396 e. The Kier molecular flexibility index (Phi) is 3.67. The molecule has 3 nitrogen and oxygen atoms in total. The third-order valence-corrected chi connectivity index (χ3v) is 1.77. The molecule has 0 amide bonds. The van der Waals surface area contributed by atoms with Gasteiger partial charge in [0.1, 0.15) is 5.82 Å². The van der Waals surface area contributed by atoms with Crippen LogP contribution in [-0.4, -0.2) is 21.7 Å². The Labute approximate surface area is 72.5 Å². The van der Waals surface area contributed by atoms with Crippen molar-refractivity contribution >= 4 is 0 Å². The molecule has 66 valence electrons. The first-order valence-electron chi connectivity index (χ1n) is 4.19. The lowest BCUT2D eigenvalue weighted by Gasteiger charge is -2.06. The molecule has 0 saturated carbocycles. The summed E-state index contributed by atoms with van der Waals surface area (Å²) >= 11 is 0. The molecule has 0 aliphatic rings. The van der Waals surface area contributed by atoms with Gasteiger partial charge in [-0.25, -0.2) is 9.97 Å². The van der Waals surface area contributed by atoms with Gasteiger partial charge in [-0.05, 0) is 18.4 Å². The van der Waals surface area contributed by atoms with Crippen molar-refractivity contribution in [1.29, 1.82) is 0 Å². The van der Waals surface area contributed by atoms with Crippen LogP contribution >= 0.6 is 0 Å². The molecule has 1 atom stereocenters. The molecule has 0 aliphatic carbocycles. The van der Waals surface area contributed by atoms with Gasteiger partial charge in [0.2, 0.25) is 0 Å². The Balaban J connectivity index is 2.41. The number of hydrogen-bond acceptors (Lipinski definition) is 3. The van der Waals surface area contributed by atoms with Crippen LogP contribution in [-0.2, 0) is 6.42 Å². The number of aliphatic hydroxyl groups is 1. The molecule has 0 aromatic carbocycles. The number of aromatic nitrogens is 2. The fraction of sp³-hybridized carbons (Fsp3) is 0.556. The maximum atomic E-state index is 8.67. The number of aliphatic hydroxyl groups excluding tert-OH is 1. The van der Waals surface area contributed by atoms with Gasteiger partial charge in [-0.3, -0.25) is 0 Å². The summed E-state index contributed by atoms with van der Waals surface area (Å²) in [6, 6.07) is 1.81. The summed E-state index contributed by atoms with van der Waals surface area (Å²) in [5, 5.41) is 8.67. The lowest BCUT2D eigenvalue weighted by molar-refractivity contribution is 0.261.